The largest absolute Gasteiger partial charge is 0.392 e. The van der Waals surface area contributed by atoms with Gasteiger partial charge in [0.2, 0.25) is 0 Å². The fraction of sp³-hybridized carbons (Fsp3) is 0.571. The highest BCUT2D eigenvalue weighted by Crippen LogP contribution is 2.15. The van der Waals surface area contributed by atoms with Crippen LogP contribution in [0.3, 0.4) is 0 Å². The lowest BCUT2D eigenvalue weighted by Gasteiger charge is -2.21. The summed E-state index contributed by atoms with van der Waals surface area (Å²) in [5, 5.41) is 13.6. The predicted molar refractivity (Wildman–Crippen MR) is 75.0 cm³/mol. The van der Waals surface area contributed by atoms with Crippen molar-refractivity contribution in [1.82, 2.24) is 5.32 Å². The van der Waals surface area contributed by atoms with Gasteiger partial charge < -0.3 is 10.4 Å². The minimum absolute atomic E-state index is 0.122. The van der Waals surface area contributed by atoms with Gasteiger partial charge >= 0.3 is 0 Å². The van der Waals surface area contributed by atoms with Crippen LogP contribution in [0.4, 0.5) is 0 Å². The molecule has 0 aliphatic carbocycles. The monoisotopic (exact) mass is 249 g/mol. The van der Waals surface area contributed by atoms with E-state index in [9.17, 15) is 5.11 Å². The van der Waals surface area contributed by atoms with Crippen molar-refractivity contribution in [3.05, 3.63) is 35.9 Å². The van der Waals surface area contributed by atoms with Gasteiger partial charge in [0.05, 0.1) is 6.10 Å². The van der Waals surface area contributed by atoms with Gasteiger partial charge in [0.1, 0.15) is 0 Å². The molecule has 94 valence electrons. The van der Waals surface area contributed by atoms with Crippen LogP contribution in [0.5, 0.6) is 0 Å². The van der Waals surface area contributed by atoms with Crippen LogP contribution < -0.4 is 5.32 Å². The second-order valence-corrected chi connectivity index (χ2v) is 8.39. The molecule has 1 aromatic carbocycles. The van der Waals surface area contributed by atoms with Crippen molar-refractivity contribution in [3.63, 3.8) is 0 Å². The van der Waals surface area contributed by atoms with Gasteiger partial charge in [-0.15, -0.1) is 0 Å². The fourth-order valence-electron chi connectivity index (χ4n) is 2.72. The van der Waals surface area contributed by atoms with E-state index in [0.717, 1.165) is 19.0 Å². The molecule has 1 aliphatic rings. The number of hydrogen-bond acceptors (Lipinski definition) is 2. The molecule has 2 N–H and O–H groups in total. The van der Waals surface area contributed by atoms with E-state index >= 15 is 0 Å². The maximum absolute atomic E-state index is 10.2. The van der Waals surface area contributed by atoms with Crippen LogP contribution in [0, 0.1) is 0 Å². The third-order valence-electron chi connectivity index (χ3n) is 3.63. The average Bonchev–Trinajstić information content (AvgIpc) is 2.83. The van der Waals surface area contributed by atoms with Gasteiger partial charge in [-0.1, -0.05) is 42.4 Å². The van der Waals surface area contributed by atoms with E-state index in [0.29, 0.717) is 6.04 Å². The van der Waals surface area contributed by atoms with Crippen LogP contribution in [0.25, 0.3) is 0 Å². The topological polar surface area (TPSA) is 32.3 Å². The highest BCUT2D eigenvalue weighted by Gasteiger charge is 2.24. The summed E-state index contributed by atoms with van der Waals surface area (Å²) in [5.74, 6) is 0. The molecule has 2 rings (SSSR count). The van der Waals surface area contributed by atoms with E-state index in [1.807, 2.05) is 0 Å². The molecule has 3 atom stereocenters. The summed E-state index contributed by atoms with van der Waals surface area (Å²) in [5.41, 5.74) is 1.43. The SMILES string of the molecule is C[SiH](Cc1ccccc1)C[C@H](O)[C@H]1CCCN1. The second-order valence-electron chi connectivity index (χ2n) is 5.30. The lowest BCUT2D eigenvalue weighted by atomic mass is 10.1. The zero-order valence-electron chi connectivity index (χ0n) is 10.6. The Morgan fingerprint density at radius 1 is 1.41 bits per heavy atom. The molecule has 1 heterocycles. The molecule has 1 unspecified atom stereocenters. The zero-order valence-corrected chi connectivity index (χ0v) is 11.8. The first-order valence-electron chi connectivity index (χ1n) is 6.71. The van der Waals surface area contributed by atoms with Crippen molar-refractivity contribution in [2.45, 2.75) is 43.6 Å². The summed E-state index contributed by atoms with van der Waals surface area (Å²) in [7, 11) is -0.833. The first-order chi connectivity index (χ1) is 8.25. The standard InChI is InChI=1S/C14H23NOSi/c1-17(10-12-6-3-2-4-7-12)11-14(16)13-8-5-9-15-13/h2-4,6-7,13-17H,5,8-11H2,1H3/t13-,14+,17?/m1/s1. The number of aliphatic hydroxyl groups excluding tert-OH is 1. The maximum atomic E-state index is 10.2. The summed E-state index contributed by atoms with van der Waals surface area (Å²) < 4.78 is 0. The molecule has 0 aromatic heterocycles. The normalized spacial score (nSPS) is 23.5. The Morgan fingerprint density at radius 3 is 2.82 bits per heavy atom. The van der Waals surface area contributed by atoms with Crippen molar-refractivity contribution in [1.29, 1.82) is 0 Å². The Balaban J connectivity index is 1.78. The number of rotatable bonds is 5. The van der Waals surface area contributed by atoms with Crippen molar-refractivity contribution in [3.8, 4) is 0 Å². The molecule has 2 nitrogen and oxygen atoms in total. The summed E-state index contributed by atoms with van der Waals surface area (Å²) in [6.07, 6.45) is 2.24. The lowest BCUT2D eigenvalue weighted by molar-refractivity contribution is 0.153. The summed E-state index contributed by atoms with van der Waals surface area (Å²) in [4.78, 5) is 0. The third-order valence-corrected chi connectivity index (χ3v) is 6.09. The van der Waals surface area contributed by atoms with Crippen LogP contribution in [0.15, 0.2) is 30.3 Å². The highest BCUT2D eigenvalue weighted by atomic mass is 28.3. The Bertz CT molecular complexity index is 324. The molecule has 1 saturated heterocycles. The van der Waals surface area contributed by atoms with Crippen LogP contribution in [0.1, 0.15) is 18.4 Å². The summed E-state index contributed by atoms with van der Waals surface area (Å²) in [6, 6.07) is 13.3. The van der Waals surface area contributed by atoms with Crippen LogP contribution in [-0.2, 0) is 6.04 Å². The van der Waals surface area contributed by atoms with Gasteiger partial charge in [-0.25, -0.2) is 0 Å². The molecule has 1 fully saturated rings. The molecule has 0 radical (unpaired) electrons. The van der Waals surface area contributed by atoms with E-state index in [2.05, 4.69) is 42.2 Å². The van der Waals surface area contributed by atoms with Crippen molar-refractivity contribution < 1.29 is 5.11 Å². The smallest absolute Gasteiger partial charge is 0.0667 e. The molecule has 0 bridgehead atoms. The van der Waals surface area contributed by atoms with Gasteiger partial charge in [-0.2, -0.15) is 0 Å². The fourth-order valence-corrected chi connectivity index (χ4v) is 5.11. The first-order valence-corrected chi connectivity index (χ1v) is 9.50. The van der Waals surface area contributed by atoms with E-state index in [4.69, 9.17) is 0 Å². The van der Waals surface area contributed by atoms with E-state index in [1.54, 1.807) is 0 Å². The van der Waals surface area contributed by atoms with Crippen LogP contribution >= 0.6 is 0 Å². The Labute approximate surface area is 106 Å². The van der Waals surface area contributed by atoms with Gasteiger partial charge in [-0.05, 0) is 31.5 Å². The predicted octanol–water partition coefficient (Wildman–Crippen LogP) is 1.74. The molecule has 0 saturated carbocycles. The van der Waals surface area contributed by atoms with Crippen molar-refractivity contribution in [2.24, 2.45) is 0 Å². The number of nitrogens with one attached hydrogen (secondary N) is 1. The zero-order chi connectivity index (χ0) is 12.1. The Hall–Kier alpha value is -0.643. The van der Waals surface area contributed by atoms with Crippen LogP contribution in [0.2, 0.25) is 12.6 Å². The van der Waals surface area contributed by atoms with Crippen LogP contribution in [-0.4, -0.2) is 32.6 Å². The summed E-state index contributed by atoms with van der Waals surface area (Å²) >= 11 is 0. The van der Waals surface area contributed by atoms with Gasteiger partial charge in [0.15, 0.2) is 0 Å². The Kier molecular flexibility index (Phi) is 4.77. The number of aliphatic hydroxyl groups is 1. The number of benzene rings is 1. The van der Waals surface area contributed by atoms with Gasteiger partial charge in [-0.3, -0.25) is 0 Å². The lowest BCUT2D eigenvalue weighted by Crippen LogP contribution is -2.37. The second kappa shape index (κ2) is 6.33. The molecule has 1 aromatic rings. The summed E-state index contributed by atoms with van der Waals surface area (Å²) in [6.45, 7) is 3.45. The minimum atomic E-state index is -0.833. The maximum Gasteiger partial charge on any atom is 0.0667 e. The van der Waals surface area contributed by atoms with Gasteiger partial charge in [0.25, 0.3) is 0 Å². The average molecular weight is 249 g/mol. The van der Waals surface area contributed by atoms with E-state index < -0.39 is 8.80 Å². The molecule has 3 heteroatoms. The van der Waals surface area contributed by atoms with E-state index in [1.165, 1.54) is 18.0 Å². The Morgan fingerprint density at radius 2 is 2.18 bits per heavy atom. The molecule has 0 amide bonds. The first kappa shape index (κ1) is 12.8. The third kappa shape index (κ3) is 3.94. The molecular weight excluding hydrogens is 226 g/mol. The quantitative estimate of drug-likeness (QED) is 0.779. The van der Waals surface area contributed by atoms with Crippen molar-refractivity contribution in [2.75, 3.05) is 6.54 Å². The highest BCUT2D eigenvalue weighted by molar-refractivity contribution is 6.56. The molecule has 1 aliphatic heterocycles. The van der Waals surface area contributed by atoms with Gasteiger partial charge in [0, 0.05) is 14.8 Å². The minimum Gasteiger partial charge on any atom is -0.392 e. The van der Waals surface area contributed by atoms with Crippen molar-refractivity contribution >= 4 is 8.80 Å². The molecule has 0 spiro atoms. The molecule has 17 heavy (non-hydrogen) atoms. The number of hydrogen-bond donors (Lipinski definition) is 2. The van der Waals surface area contributed by atoms with E-state index in [-0.39, 0.29) is 6.10 Å². The molecular formula is C14H23NOSi.